The maximum absolute atomic E-state index is 12.0. The summed E-state index contributed by atoms with van der Waals surface area (Å²) in [5, 5.41) is 3.11. The average molecular weight is 255 g/mol. The van der Waals surface area contributed by atoms with Crippen LogP contribution >= 0.6 is 0 Å². The lowest BCUT2D eigenvalue weighted by Crippen LogP contribution is -2.48. The van der Waals surface area contributed by atoms with Crippen LogP contribution in [0.15, 0.2) is 0 Å². The van der Waals surface area contributed by atoms with Gasteiger partial charge in [-0.1, -0.05) is 20.3 Å². The number of likely N-dealkylation sites (tertiary alicyclic amines) is 1. The Hall–Kier alpha value is -0.610. The summed E-state index contributed by atoms with van der Waals surface area (Å²) in [5.41, 5.74) is 5.65. The Morgan fingerprint density at radius 3 is 2.72 bits per heavy atom. The summed E-state index contributed by atoms with van der Waals surface area (Å²) < 4.78 is 0. The molecule has 4 nitrogen and oxygen atoms in total. The number of nitrogens with zero attached hydrogens (tertiary/aromatic N) is 1. The van der Waals surface area contributed by atoms with Gasteiger partial charge in [0.2, 0.25) is 5.91 Å². The zero-order valence-corrected chi connectivity index (χ0v) is 12.0. The molecule has 0 radical (unpaired) electrons. The van der Waals surface area contributed by atoms with Crippen molar-refractivity contribution in [1.29, 1.82) is 0 Å². The fourth-order valence-electron chi connectivity index (χ4n) is 2.74. The largest absolute Gasteiger partial charge is 0.352 e. The number of piperidine rings is 1. The summed E-state index contributed by atoms with van der Waals surface area (Å²) in [6.45, 7) is 6.54. The second-order valence-corrected chi connectivity index (χ2v) is 5.28. The third-order valence-corrected chi connectivity index (χ3v) is 3.95. The predicted octanol–water partition coefficient (Wildman–Crippen LogP) is 1.49. The van der Waals surface area contributed by atoms with Crippen LogP contribution in [0.25, 0.3) is 0 Å². The van der Waals surface area contributed by atoms with Crippen LogP contribution < -0.4 is 11.1 Å². The summed E-state index contributed by atoms with van der Waals surface area (Å²) in [6.07, 6.45) is 6.70. The third kappa shape index (κ3) is 4.94. The van der Waals surface area contributed by atoms with Gasteiger partial charge in [0.05, 0.1) is 6.54 Å². The highest BCUT2D eigenvalue weighted by atomic mass is 16.2. The van der Waals surface area contributed by atoms with Gasteiger partial charge in [0.25, 0.3) is 0 Å². The first-order valence-corrected chi connectivity index (χ1v) is 7.44. The van der Waals surface area contributed by atoms with Crippen molar-refractivity contribution in [2.24, 2.45) is 5.73 Å². The minimum atomic E-state index is 0.174. The number of carbonyl (C=O) groups excluding carboxylic acids is 1. The maximum Gasteiger partial charge on any atom is 0.234 e. The molecular formula is C14H29N3O. The molecule has 0 saturated carbocycles. The van der Waals surface area contributed by atoms with Crippen LogP contribution in [0.4, 0.5) is 0 Å². The van der Waals surface area contributed by atoms with Gasteiger partial charge in [-0.3, -0.25) is 9.69 Å². The van der Waals surface area contributed by atoms with Crippen molar-refractivity contribution in [2.75, 3.05) is 19.6 Å². The Labute approximate surface area is 111 Å². The Kier molecular flexibility index (Phi) is 7.28. The molecule has 1 saturated heterocycles. The van der Waals surface area contributed by atoms with E-state index in [1.54, 1.807) is 0 Å². The van der Waals surface area contributed by atoms with Gasteiger partial charge in [-0.15, -0.1) is 0 Å². The highest BCUT2D eigenvalue weighted by Crippen LogP contribution is 2.18. The lowest BCUT2D eigenvalue weighted by molar-refractivity contribution is -0.124. The predicted molar refractivity (Wildman–Crippen MR) is 75.4 cm³/mol. The van der Waals surface area contributed by atoms with Crippen molar-refractivity contribution < 1.29 is 4.79 Å². The van der Waals surface area contributed by atoms with E-state index in [1.807, 2.05) is 0 Å². The van der Waals surface area contributed by atoms with Crippen LogP contribution in [0.2, 0.25) is 0 Å². The van der Waals surface area contributed by atoms with Crippen LogP contribution in [0.3, 0.4) is 0 Å². The Bertz CT molecular complexity index is 239. The molecule has 1 heterocycles. The molecule has 1 unspecified atom stereocenters. The second kappa shape index (κ2) is 8.48. The van der Waals surface area contributed by atoms with Crippen LogP contribution in [0, 0.1) is 0 Å². The van der Waals surface area contributed by atoms with Crippen molar-refractivity contribution in [3.8, 4) is 0 Å². The van der Waals surface area contributed by atoms with Gasteiger partial charge in [0.15, 0.2) is 0 Å². The first-order chi connectivity index (χ1) is 8.71. The quantitative estimate of drug-likeness (QED) is 0.725. The first kappa shape index (κ1) is 15.4. The number of nitrogens with one attached hydrogen (secondary N) is 1. The Morgan fingerprint density at radius 2 is 2.11 bits per heavy atom. The van der Waals surface area contributed by atoms with Gasteiger partial charge < -0.3 is 11.1 Å². The molecule has 1 aliphatic rings. The number of nitrogens with two attached hydrogens (primary N) is 1. The van der Waals surface area contributed by atoms with Crippen LogP contribution in [-0.2, 0) is 4.79 Å². The van der Waals surface area contributed by atoms with E-state index in [2.05, 4.69) is 24.1 Å². The highest BCUT2D eigenvalue weighted by Gasteiger charge is 2.23. The fraction of sp³-hybridized carbons (Fsp3) is 0.929. The van der Waals surface area contributed by atoms with Gasteiger partial charge in [0, 0.05) is 12.1 Å². The van der Waals surface area contributed by atoms with Crippen molar-refractivity contribution in [1.82, 2.24) is 10.2 Å². The maximum atomic E-state index is 12.0. The molecule has 1 fully saturated rings. The van der Waals surface area contributed by atoms with Crippen molar-refractivity contribution in [2.45, 2.75) is 64.5 Å². The smallest absolute Gasteiger partial charge is 0.234 e. The first-order valence-electron chi connectivity index (χ1n) is 7.44. The monoisotopic (exact) mass is 255 g/mol. The highest BCUT2D eigenvalue weighted by molar-refractivity contribution is 5.78. The van der Waals surface area contributed by atoms with Gasteiger partial charge >= 0.3 is 0 Å². The standard InChI is InChI=1S/C14H29N3O/c1-3-12(4-2)16-14(18)11-17-10-6-5-7-13(17)8-9-15/h12-13H,3-11,15H2,1-2H3,(H,16,18). The normalized spacial score (nSPS) is 21.2. The topological polar surface area (TPSA) is 58.4 Å². The van der Waals surface area contributed by atoms with E-state index >= 15 is 0 Å². The number of amides is 1. The van der Waals surface area contributed by atoms with E-state index in [-0.39, 0.29) is 5.91 Å². The van der Waals surface area contributed by atoms with E-state index in [4.69, 9.17) is 5.73 Å². The van der Waals surface area contributed by atoms with Gasteiger partial charge in [-0.2, -0.15) is 0 Å². The number of rotatable bonds is 7. The summed E-state index contributed by atoms with van der Waals surface area (Å²) in [6, 6.07) is 0.839. The summed E-state index contributed by atoms with van der Waals surface area (Å²) in [7, 11) is 0. The lowest BCUT2D eigenvalue weighted by Gasteiger charge is -2.35. The van der Waals surface area contributed by atoms with Gasteiger partial charge in [0.1, 0.15) is 0 Å². The van der Waals surface area contributed by atoms with Crippen LogP contribution in [0.1, 0.15) is 52.4 Å². The minimum Gasteiger partial charge on any atom is -0.352 e. The number of hydrogen-bond acceptors (Lipinski definition) is 3. The average Bonchev–Trinajstić information content (AvgIpc) is 2.38. The molecule has 1 aliphatic heterocycles. The molecule has 0 bridgehead atoms. The van der Waals surface area contributed by atoms with Gasteiger partial charge in [-0.25, -0.2) is 0 Å². The third-order valence-electron chi connectivity index (χ3n) is 3.95. The molecule has 1 rings (SSSR count). The molecule has 18 heavy (non-hydrogen) atoms. The van der Waals surface area contributed by atoms with E-state index < -0.39 is 0 Å². The molecule has 1 amide bonds. The van der Waals surface area contributed by atoms with Crippen molar-refractivity contribution in [3.05, 3.63) is 0 Å². The number of carbonyl (C=O) groups is 1. The molecule has 3 N–H and O–H groups in total. The summed E-state index contributed by atoms with van der Waals surface area (Å²) in [5.74, 6) is 0.174. The molecule has 106 valence electrons. The van der Waals surface area contributed by atoms with E-state index in [0.717, 1.165) is 32.4 Å². The van der Waals surface area contributed by atoms with Crippen LogP contribution in [-0.4, -0.2) is 42.5 Å². The molecule has 0 spiro atoms. The minimum absolute atomic E-state index is 0.174. The summed E-state index contributed by atoms with van der Waals surface area (Å²) >= 11 is 0. The number of hydrogen-bond donors (Lipinski definition) is 2. The zero-order chi connectivity index (χ0) is 13.4. The second-order valence-electron chi connectivity index (χ2n) is 5.28. The molecule has 0 aliphatic carbocycles. The molecule has 0 aromatic carbocycles. The molecule has 4 heteroatoms. The molecular weight excluding hydrogens is 226 g/mol. The van der Waals surface area contributed by atoms with Crippen molar-refractivity contribution in [3.63, 3.8) is 0 Å². The fourth-order valence-corrected chi connectivity index (χ4v) is 2.74. The lowest BCUT2D eigenvalue weighted by atomic mass is 9.99. The Morgan fingerprint density at radius 1 is 1.39 bits per heavy atom. The van der Waals surface area contributed by atoms with E-state index in [0.29, 0.717) is 18.6 Å². The molecule has 0 aromatic rings. The summed E-state index contributed by atoms with van der Waals surface area (Å²) in [4.78, 5) is 14.3. The molecule has 1 atom stereocenters. The molecule has 0 aromatic heterocycles. The zero-order valence-electron chi connectivity index (χ0n) is 12.0. The SMILES string of the molecule is CCC(CC)NC(=O)CN1CCCCC1CCN. The van der Waals surface area contributed by atoms with Crippen molar-refractivity contribution >= 4 is 5.91 Å². The van der Waals surface area contributed by atoms with Crippen LogP contribution in [0.5, 0.6) is 0 Å². The van der Waals surface area contributed by atoms with E-state index in [9.17, 15) is 4.79 Å². The van der Waals surface area contributed by atoms with Gasteiger partial charge in [-0.05, 0) is 45.2 Å². The van der Waals surface area contributed by atoms with E-state index in [1.165, 1.54) is 19.3 Å². The Balaban J connectivity index is 2.40.